The average molecular weight is 394 g/mol. The first-order chi connectivity index (χ1) is 16.1. The summed E-state index contributed by atoms with van der Waals surface area (Å²) in [7, 11) is 0. The van der Waals surface area contributed by atoms with E-state index in [1.807, 2.05) is 5.32 Å². The highest BCUT2D eigenvalue weighted by atomic mass is 35.5. The molecule has 2 N–H and O–H groups in total. The lowest BCUT2D eigenvalue weighted by Crippen LogP contribution is -2.48. The zero-order valence-electron chi connectivity index (χ0n) is 24.2. The van der Waals surface area contributed by atoms with Crippen molar-refractivity contribution in [2.75, 3.05) is 26.2 Å². The minimum absolute atomic E-state index is 0.0227. The highest BCUT2D eigenvalue weighted by Crippen LogP contribution is 2.17. The summed E-state index contributed by atoms with van der Waals surface area (Å²) in [6.45, 7) is -7.29. The zero-order chi connectivity index (χ0) is 27.9. The first-order valence-corrected chi connectivity index (χ1v) is 8.24. The molecule has 0 aliphatic carbocycles. The fourth-order valence-corrected chi connectivity index (χ4v) is 2.59. The Balaban J connectivity index is 2.11. The maximum Gasteiger partial charge on any atom is 0.251 e. The summed E-state index contributed by atoms with van der Waals surface area (Å²) in [5.74, 6) is -3.91. The van der Waals surface area contributed by atoms with E-state index in [1.165, 1.54) is 6.07 Å². The van der Waals surface area contributed by atoms with Gasteiger partial charge in [-0.25, -0.2) is 4.39 Å². The number of hydrogen-bond acceptors (Lipinski definition) is 3. The Morgan fingerprint density at radius 2 is 2.08 bits per heavy atom. The Labute approximate surface area is 173 Å². The Morgan fingerprint density at radius 1 is 1.38 bits per heavy atom. The second-order valence-corrected chi connectivity index (χ2v) is 6.58. The second-order valence-electron chi connectivity index (χ2n) is 6.15. The quantitative estimate of drug-likeness (QED) is 0.808. The molecule has 144 valence electrons. The van der Waals surface area contributed by atoms with Gasteiger partial charge in [-0.3, -0.25) is 14.5 Å². The number of nitrogens with one attached hydrogen (secondary N) is 2. The zero-order valence-corrected chi connectivity index (χ0v) is 14.9. The van der Waals surface area contributed by atoms with Gasteiger partial charge in [-0.05, 0) is 70.6 Å². The molecule has 0 radical (unpaired) electrons. The van der Waals surface area contributed by atoms with Crippen LogP contribution in [0.1, 0.15) is 57.4 Å². The molecule has 2 rings (SSSR count). The average Bonchev–Trinajstić information content (AvgIpc) is 2.63. The van der Waals surface area contributed by atoms with Crippen molar-refractivity contribution in [3.8, 4) is 0 Å². The van der Waals surface area contributed by atoms with Crippen molar-refractivity contribution in [1.82, 2.24) is 15.5 Å². The fraction of sp³-hybridized carbons (Fsp3) is 0.579. The number of rotatable bonds is 5. The van der Waals surface area contributed by atoms with Gasteiger partial charge in [-0.1, -0.05) is 11.6 Å². The molecular formula is C19H27ClFN3O2. The van der Waals surface area contributed by atoms with Gasteiger partial charge in [-0.15, -0.1) is 0 Å². The van der Waals surface area contributed by atoms with Gasteiger partial charge < -0.3 is 10.6 Å². The summed E-state index contributed by atoms with van der Waals surface area (Å²) in [6, 6.07) is 3.13. The highest BCUT2D eigenvalue weighted by molar-refractivity contribution is 6.31. The molecule has 0 spiro atoms. The lowest BCUT2D eigenvalue weighted by molar-refractivity contribution is -0.124. The third-order valence-corrected chi connectivity index (χ3v) is 3.69. The number of hydrogen-bond donors (Lipinski definition) is 2. The number of carbonyl (C=O) groups is 2. The summed E-state index contributed by atoms with van der Waals surface area (Å²) < 4.78 is 92.1. The molecule has 0 unspecified atom stereocenters. The minimum atomic E-state index is -3.08. The van der Waals surface area contributed by atoms with Gasteiger partial charge in [-0.2, -0.15) is 0 Å². The van der Waals surface area contributed by atoms with Crippen LogP contribution in [0.15, 0.2) is 18.2 Å². The van der Waals surface area contributed by atoms with Crippen LogP contribution < -0.4 is 10.6 Å². The van der Waals surface area contributed by atoms with Gasteiger partial charge in [0.25, 0.3) is 5.91 Å². The van der Waals surface area contributed by atoms with Gasteiger partial charge in [0.1, 0.15) is 5.82 Å². The third-order valence-electron chi connectivity index (χ3n) is 3.47. The summed E-state index contributed by atoms with van der Waals surface area (Å²) in [4.78, 5) is 26.0. The van der Waals surface area contributed by atoms with E-state index in [0.717, 1.165) is 24.0 Å². The number of piperidine rings is 1. The van der Waals surface area contributed by atoms with Crippen LogP contribution in [0.4, 0.5) is 4.39 Å². The molecule has 0 aromatic heterocycles. The summed E-state index contributed by atoms with van der Waals surface area (Å²) in [6.07, 6.45) is -4.52. The topological polar surface area (TPSA) is 61.4 Å². The van der Waals surface area contributed by atoms with E-state index in [1.54, 1.807) is 0 Å². The molecule has 1 saturated heterocycles. The van der Waals surface area contributed by atoms with Gasteiger partial charge in [0.05, 0.1) is 6.54 Å². The van der Waals surface area contributed by atoms with E-state index in [9.17, 15) is 14.0 Å². The number of halogens is 2. The van der Waals surface area contributed by atoms with E-state index in [0.29, 0.717) is 0 Å². The minimum Gasteiger partial charge on any atom is -0.352 e. The molecule has 0 atom stereocenters. The first kappa shape index (κ1) is 10.6. The van der Waals surface area contributed by atoms with Crippen molar-refractivity contribution < 1.29 is 27.7 Å². The number of benzene rings is 1. The molecule has 2 amide bonds. The number of amides is 2. The lowest BCUT2D eigenvalue weighted by Gasteiger charge is -2.32. The Morgan fingerprint density at radius 3 is 2.69 bits per heavy atom. The molecule has 1 aliphatic rings. The summed E-state index contributed by atoms with van der Waals surface area (Å²) >= 11 is 5.74. The van der Waals surface area contributed by atoms with E-state index >= 15 is 0 Å². The van der Waals surface area contributed by atoms with Crippen molar-refractivity contribution in [2.45, 2.75) is 38.9 Å². The molecule has 1 aromatic carbocycles. The van der Waals surface area contributed by atoms with Crippen LogP contribution in [-0.4, -0.2) is 48.4 Å². The van der Waals surface area contributed by atoms with Gasteiger partial charge in [0.15, 0.2) is 0 Å². The molecule has 1 aliphatic heterocycles. The van der Waals surface area contributed by atoms with Crippen LogP contribution in [0.25, 0.3) is 0 Å². The van der Waals surface area contributed by atoms with E-state index in [4.69, 9.17) is 25.3 Å². The lowest BCUT2D eigenvalue weighted by atomic mass is 9.96. The van der Waals surface area contributed by atoms with Crippen LogP contribution in [0.5, 0.6) is 0 Å². The van der Waals surface area contributed by atoms with Gasteiger partial charge in [0.2, 0.25) is 5.91 Å². The molecule has 0 saturated carbocycles. The van der Waals surface area contributed by atoms with Crippen LogP contribution >= 0.6 is 11.6 Å². The monoisotopic (exact) mass is 393 g/mol. The second kappa shape index (κ2) is 8.82. The molecule has 7 heteroatoms. The molecule has 1 fully saturated rings. The van der Waals surface area contributed by atoms with Crippen molar-refractivity contribution in [2.24, 2.45) is 5.92 Å². The van der Waals surface area contributed by atoms with Crippen LogP contribution in [0.2, 0.25) is 5.02 Å². The SMILES string of the molecule is [2H]C1([2H])CN(CC(=O)NC(C)(C([2H])([2H])[2H])C([2H])([2H])[2H])CC([2H])([2H])C1CNC(=O)c1cc(F)cc(Cl)c1. The van der Waals surface area contributed by atoms with E-state index < -0.39 is 81.7 Å². The predicted octanol–water partition coefficient (Wildman–Crippen LogP) is 2.84. The molecule has 1 heterocycles. The Bertz CT molecular complexity index is 950. The predicted molar refractivity (Wildman–Crippen MR) is 101 cm³/mol. The summed E-state index contributed by atoms with van der Waals surface area (Å²) in [5.41, 5.74) is -2.70. The summed E-state index contributed by atoms with van der Waals surface area (Å²) in [5, 5.41) is 4.37. The van der Waals surface area contributed by atoms with Gasteiger partial charge >= 0.3 is 0 Å². The Kier molecular flexibility index (Phi) is 3.60. The number of carbonyl (C=O) groups excluding carboxylic acids is 2. The van der Waals surface area contributed by atoms with Crippen molar-refractivity contribution in [3.05, 3.63) is 34.6 Å². The molecule has 26 heavy (non-hydrogen) atoms. The molecule has 1 aromatic rings. The normalized spacial score (nSPS) is 26.9. The van der Waals surface area contributed by atoms with E-state index in [-0.39, 0.29) is 10.6 Å². The molecule has 0 bridgehead atoms. The third kappa shape index (κ3) is 6.92. The number of nitrogens with zero attached hydrogens (tertiary/aromatic N) is 1. The Hall–Kier alpha value is -1.66. The molecular weight excluding hydrogens is 357 g/mol. The first-order valence-electron chi connectivity index (χ1n) is 12.9. The van der Waals surface area contributed by atoms with Crippen molar-refractivity contribution >= 4 is 23.4 Å². The largest absolute Gasteiger partial charge is 0.352 e. The van der Waals surface area contributed by atoms with Crippen molar-refractivity contribution in [1.29, 1.82) is 0 Å². The van der Waals surface area contributed by atoms with Crippen LogP contribution in [-0.2, 0) is 4.79 Å². The standard InChI is InChI=1S/C19H27ClFN3O2/c1-19(2,3)23-17(25)12-24-6-4-13(5-7-24)11-22-18(26)14-8-15(20)10-16(21)9-14/h8-10,13H,4-7,11-12H2,1-3H3,(H,22,26)(H,23,25)/i1D3,2D3,4D2,5D2. The number of likely N-dealkylation sites (tertiary alicyclic amines) is 1. The highest BCUT2D eigenvalue weighted by Gasteiger charge is 2.23. The van der Waals surface area contributed by atoms with E-state index in [2.05, 4.69) is 5.32 Å². The smallest absolute Gasteiger partial charge is 0.251 e. The molecule has 5 nitrogen and oxygen atoms in total. The van der Waals surface area contributed by atoms with Gasteiger partial charge in [0, 0.05) is 36.4 Å². The fourth-order valence-electron chi connectivity index (χ4n) is 2.37. The maximum absolute atomic E-state index is 13.5. The maximum atomic E-state index is 13.5. The van der Waals surface area contributed by atoms with Crippen LogP contribution in [0.3, 0.4) is 0 Å². The van der Waals surface area contributed by atoms with Crippen molar-refractivity contribution in [3.63, 3.8) is 0 Å². The van der Waals surface area contributed by atoms with Crippen LogP contribution in [0, 0.1) is 11.7 Å².